The molecule has 1 heterocycles. The molecule has 0 aromatic carbocycles. The van der Waals surface area contributed by atoms with Crippen molar-refractivity contribution in [3.63, 3.8) is 0 Å². The predicted octanol–water partition coefficient (Wildman–Crippen LogP) is 4.78. The van der Waals surface area contributed by atoms with E-state index in [1.54, 1.807) is 0 Å². The Morgan fingerprint density at radius 1 is 1.27 bits per heavy atom. The van der Waals surface area contributed by atoms with Crippen molar-refractivity contribution in [3.8, 4) is 0 Å². The summed E-state index contributed by atoms with van der Waals surface area (Å²) < 4.78 is 51.8. The molecule has 4 atom stereocenters. The van der Waals surface area contributed by atoms with Gasteiger partial charge in [-0.15, -0.1) is 0 Å². The Labute approximate surface area is 130 Å². The van der Waals surface area contributed by atoms with Crippen LogP contribution in [-0.4, -0.2) is 30.1 Å². The molecule has 22 heavy (non-hydrogen) atoms. The number of fused-ring (bicyclic) bond motifs is 1. The van der Waals surface area contributed by atoms with Crippen LogP contribution in [0.1, 0.15) is 58.3 Å². The van der Waals surface area contributed by atoms with Gasteiger partial charge in [0.05, 0.1) is 0 Å². The van der Waals surface area contributed by atoms with Crippen LogP contribution < -0.4 is 0 Å². The van der Waals surface area contributed by atoms with Crippen LogP contribution in [0.4, 0.5) is 13.2 Å². The van der Waals surface area contributed by atoms with E-state index in [1.807, 2.05) is 12.2 Å². The lowest BCUT2D eigenvalue weighted by Crippen LogP contribution is -2.59. The molecule has 0 aromatic rings. The molecule has 0 N–H and O–H groups in total. The molecule has 3 aliphatic rings. The second kappa shape index (κ2) is 5.82. The van der Waals surface area contributed by atoms with Crippen LogP contribution in [-0.2, 0) is 9.47 Å². The van der Waals surface area contributed by atoms with Gasteiger partial charge in [-0.1, -0.05) is 25.5 Å². The van der Waals surface area contributed by atoms with E-state index in [2.05, 4.69) is 0 Å². The quantitative estimate of drug-likeness (QED) is 0.694. The molecule has 4 unspecified atom stereocenters. The highest BCUT2D eigenvalue weighted by molar-refractivity contribution is 5.22. The fourth-order valence-electron chi connectivity index (χ4n) is 4.70. The van der Waals surface area contributed by atoms with Crippen LogP contribution in [0.25, 0.3) is 0 Å². The number of allylic oxidation sites excluding steroid dienone is 1. The summed E-state index contributed by atoms with van der Waals surface area (Å²) in [6.45, 7) is 2.18. The minimum Gasteiger partial charge on any atom is -0.371 e. The molecule has 2 fully saturated rings. The molecule has 0 radical (unpaired) electrons. The zero-order valence-corrected chi connectivity index (χ0v) is 13.1. The van der Waals surface area contributed by atoms with Gasteiger partial charge >= 0.3 is 6.18 Å². The Balaban J connectivity index is 1.95. The first-order chi connectivity index (χ1) is 10.4. The average Bonchev–Trinajstić information content (AvgIpc) is 3.05. The van der Waals surface area contributed by atoms with Gasteiger partial charge in [-0.25, -0.2) is 0 Å². The average molecular weight is 318 g/mol. The lowest BCUT2D eigenvalue weighted by Gasteiger charge is -2.49. The van der Waals surface area contributed by atoms with Gasteiger partial charge in [-0.05, 0) is 50.9 Å². The van der Waals surface area contributed by atoms with Gasteiger partial charge in [0.15, 0.2) is 6.10 Å². The number of alkyl halides is 3. The third kappa shape index (κ3) is 2.50. The smallest absolute Gasteiger partial charge is 0.371 e. The maximum absolute atomic E-state index is 13.3. The summed E-state index contributed by atoms with van der Waals surface area (Å²) in [5.74, 6) is 0.334. The van der Waals surface area contributed by atoms with Gasteiger partial charge in [-0.3, -0.25) is 0 Å². The van der Waals surface area contributed by atoms with Gasteiger partial charge in [0.25, 0.3) is 0 Å². The SMILES string of the molecule is CCC(OC1(C23CCCC2CCO3)C=CCCC1)C(F)(F)F. The van der Waals surface area contributed by atoms with E-state index in [4.69, 9.17) is 9.47 Å². The van der Waals surface area contributed by atoms with E-state index < -0.39 is 23.5 Å². The minimum atomic E-state index is -4.32. The van der Waals surface area contributed by atoms with Crippen molar-refractivity contribution in [1.82, 2.24) is 0 Å². The standard InChI is InChI=1S/C17H25F3O2/c1-2-14(17(18,19)20)22-15(9-4-3-5-10-15)16-11-6-7-13(16)8-12-21-16/h4,9,13-14H,2-3,5-8,10-12H2,1H3. The van der Waals surface area contributed by atoms with Crippen molar-refractivity contribution < 1.29 is 22.6 Å². The summed E-state index contributed by atoms with van der Waals surface area (Å²) in [7, 11) is 0. The van der Waals surface area contributed by atoms with Gasteiger partial charge in [-0.2, -0.15) is 13.2 Å². The number of hydrogen-bond donors (Lipinski definition) is 0. The number of rotatable bonds is 4. The molecule has 3 rings (SSSR count). The minimum absolute atomic E-state index is 0.0557. The van der Waals surface area contributed by atoms with Gasteiger partial charge in [0, 0.05) is 6.61 Å². The predicted molar refractivity (Wildman–Crippen MR) is 77.6 cm³/mol. The van der Waals surface area contributed by atoms with Gasteiger partial charge < -0.3 is 9.47 Å². The Bertz CT molecular complexity index is 422. The topological polar surface area (TPSA) is 18.5 Å². The lowest BCUT2D eigenvalue weighted by molar-refractivity contribution is -0.280. The van der Waals surface area contributed by atoms with Crippen LogP contribution in [0.15, 0.2) is 12.2 Å². The Hall–Kier alpha value is -0.550. The fourth-order valence-corrected chi connectivity index (χ4v) is 4.70. The van der Waals surface area contributed by atoms with Crippen molar-refractivity contribution in [2.75, 3.05) is 6.61 Å². The summed E-state index contributed by atoms with van der Waals surface area (Å²) in [6.07, 6.45) is 4.02. The lowest BCUT2D eigenvalue weighted by atomic mass is 9.71. The van der Waals surface area contributed by atoms with Crippen molar-refractivity contribution in [2.24, 2.45) is 5.92 Å². The number of halogens is 3. The van der Waals surface area contributed by atoms with Crippen LogP contribution >= 0.6 is 0 Å². The van der Waals surface area contributed by atoms with E-state index in [0.29, 0.717) is 18.9 Å². The molecule has 1 aliphatic heterocycles. The summed E-state index contributed by atoms with van der Waals surface area (Å²) >= 11 is 0. The Morgan fingerprint density at radius 2 is 2.09 bits per heavy atom. The van der Waals surface area contributed by atoms with E-state index in [1.165, 1.54) is 6.92 Å². The van der Waals surface area contributed by atoms with E-state index >= 15 is 0 Å². The molecule has 0 spiro atoms. The van der Waals surface area contributed by atoms with Crippen LogP contribution in [0.5, 0.6) is 0 Å². The monoisotopic (exact) mass is 318 g/mol. The first-order valence-electron chi connectivity index (χ1n) is 8.50. The molecule has 0 aromatic heterocycles. The summed E-state index contributed by atoms with van der Waals surface area (Å²) in [5, 5.41) is 0. The number of ether oxygens (including phenoxy) is 2. The van der Waals surface area contributed by atoms with Crippen molar-refractivity contribution in [3.05, 3.63) is 12.2 Å². The van der Waals surface area contributed by atoms with Crippen LogP contribution in [0, 0.1) is 5.92 Å². The van der Waals surface area contributed by atoms with Gasteiger partial charge in [0.1, 0.15) is 11.2 Å². The van der Waals surface area contributed by atoms with Crippen LogP contribution in [0.3, 0.4) is 0 Å². The largest absolute Gasteiger partial charge is 0.414 e. The van der Waals surface area contributed by atoms with Gasteiger partial charge in [0.2, 0.25) is 0 Å². The second-order valence-corrected chi connectivity index (χ2v) is 6.86. The molecule has 0 amide bonds. The highest BCUT2D eigenvalue weighted by Crippen LogP contribution is 2.56. The summed E-state index contributed by atoms with van der Waals surface area (Å²) in [6, 6.07) is 0. The molecule has 1 saturated heterocycles. The molecule has 2 nitrogen and oxygen atoms in total. The first-order valence-corrected chi connectivity index (χ1v) is 8.50. The molecule has 1 saturated carbocycles. The van der Waals surface area contributed by atoms with E-state index in [-0.39, 0.29) is 6.42 Å². The van der Waals surface area contributed by atoms with Crippen LogP contribution in [0.2, 0.25) is 0 Å². The number of hydrogen-bond acceptors (Lipinski definition) is 2. The molecular weight excluding hydrogens is 293 g/mol. The highest BCUT2D eigenvalue weighted by Gasteiger charge is 2.62. The molecule has 0 bridgehead atoms. The van der Waals surface area contributed by atoms with Crippen molar-refractivity contribution >= 4 is 0 Å². The van der Waals surface area contributed by atoms with Crippen molar-refractivity contribution in [1.29, 1.82) is 0 Å². The Kier molecular flexibility index (Phi) is 4.32. The summed E-state index contributed by atoms with van der Waals surface area (Å²) in [4.78, 5) is 0. The normalized spacial score (nSPS) is 39.9. The maximum atomic E-state index is 13.3. The van der Waals surface area contributed by atoms with E-state index in [9.17, 15) is 13.2 Å². The molecule has 2 aliphatic carbocycles. The molecule has 126 valence electrons. The molecule has 5 heteroatoms. The third-order valence-electron chi connectivity index (χ3n) is 5.70. The second-order valence-electron chi connectivity index (χ2n) is 6.86. The Morgan fingerprint density at radius 3 is 2.73 bits per heavy atom. The van der Waals surface area contributed by atoms with Crippen molar-refractivity contribution in [2.45, 2.75) is 81.8 Å². The summed E-state index contributed by atoms with van der Waals surface area (Å²) in [5.41, 5.74) is -1.44. The maximum Gasteiger partial charge on any atom is 0.414 e. The zero-order chi connectivity index (χ0) is 15.8. The van der Waals surface area contributed by atoms with E-state index in [0.717, 1.165) is 38.5 Å². The highest BCUT2D eigenvalue weighted by atomic mass is 19.4. The third-order valence-corrected chi connectivity index (χ3v) is 5.70. The molecular formula is C17H25F3O2. The fraction of sp³-hybridized carbons (Fsp3) is 0.882. The first kappa shape index (κ1) is 16.3. The zero-order valence-electron chi connectivity index (χ0n) is 13.1.